The number of anilines is 1. The maximum Gasteiger partial charge on any atom is 0.254 e. The number of benzene rings is 1. The second-order valence-corrected chi connectivity index (χ2v) is 4.84. The highest BCUT2D eigenvalue weighted by Crippen LogP contribution is 2.35. The molecule has 0 spiro atoms. The zero-order chi connectivity index (χ0) is 16.8. The van der Waals surface area contributed by atoms with Gasteiger partial charge < -0.3 is 24.5 Å². The Bertz CT molecular complexity index is 700. The third-order valence-electron chi connectivity index (χ3n) is 2.94. The molecule has 8 heteroatoms. The van der Waals surface area contributed by atoms with Gasteiger partial charge >= 0.3 is 0 Å². The van der Waals surface area contributed by atoms with E-state index in [9.17, 15) is 9.59 Å². The normalized spacial score (nSPS) is 10.0. The average Bonchev–Trinajstić information content (AvgIpc) is 3.07. The van der Waals surface area contributed by atoms with Gasteiger partial charge in [-0.25, -0.2) is 0 Å². The molecule has 1 aromatic carbocycles. The highest BCUT2D eigenvalue weighted by atomic mass is 35.5. The fourth-order valence-corrected chi connectivity index (χ4v) is 2.05. The van der Waals surface area contributed by atoms with E-state index >= 15 is 0 Å². The second-order valence-electron chi connectivity index (χ2n) is 4.43. The Hall–Kier alpha value is -2.67. The Morgan fingerprint density at radius 2 is 1.96 bits per heavy atom. The standard InChI is InChI=1S/C15H15ClN2O5/c1-21-12-6-13(22-2)11(5-10(12)16)18-14(19)7-17-15(20)9-3-4-23-8-9/h3-6,8H,7H2,1-2H3,(H,17,20)(H,18,19). The Morgan fingerprint density at radius 1 is 1.22 bits per heavy atom. The van der Waals surface area contributed by atoms with Crippen LogP contribution in [0.3, 0.4) is 0 Å². The summed E-state index contributed by atoms with van der Waals surface area (Å²) in [6, 6.07) is 4.57. The Balaban J connectivity index is 2.00. The number of rotatable bonds is 6. The van der Waals surface area contributed by atoms with E-state index in [-0.39, 0.29) is 6.54 Å². The fourth-order valence-electron chi connectivity index (χ4n) is 1.81. The average molecular weight is 339 g/mol. The molecule has 122 valence electrons. The van der Waals surface area contributed by atoms with Crippen molar-refractivity contribution < 1.29 is 23.5 Å². The molecule has 0 fully saturated rings. The number of nitrogens with one attached hydrogen (secondary N) is 2. The molecule has 0 atom stereocenters. The summed E-state index contributed by atoms with van der Waals surface area (Å²) in [5.41, 5.74) is 0.712. The summed E-state index contributed by atoms with van der Waals surface area (Å²) in [4.78, 5) is 23.7. The van der Waals surface area contributed by atoms with Gasteiger partial charge in [0.1, 0.15) is 17.8 Å². The molecule has 0 radical (unpaired) electrons. The summed E-state index contributed by atoms with van der Waals surface area (Å²) in [6.07, 6.45) is 2.67. The Morgan fingerprint density at radius 3 is 2.57 bits per heavy atom. The van der Waals surface area contributed by atoms with Crippen LogP contribution in [-0.4, -0.2) is 32.6 Å². The van der Waals surface area contributed by atoms with Crippen molar-refractivity contribution in [2.75, 3.05) is 26.1 Å². The maximum absolute atomic E-state index is 11.9. The van der Waals surface area contributed by atoms with Gasteiger partial charge in [0.25, 0.3) is 5.91 Å². The van der Waals surface area contributed by atoms with E-state index in [4.69, 9.17) is 25.5 Å². The van der Waals surface area contributed by atoms with Crippen molar-refractivity contribution in [1.82, 2.24) is 5.32 Å². The molecule has 0 saturated heterocycles. The van der Waals surface area contributed by atoms with Crippen LogP contribution in [0.1, 0.15) is 10.4 Å². The highest BCUT2D eigenvalue weighted by molar-refractivity contribution is 6.32. The number of amides is 2. The third-order valence-corrected chi connectivity index (χ3v) is 3.24. The molecule has 0 bridgehead atoms. The van der Waals surface area contributed by atoms with Crippen LogP contribution >= 0.6 is 11.6 Å². The lowest BCUT2D eigenvalue weighted by Gasteiger charge is -2.13. The summed E-state index contributed by atoms with van der Waals surface area (Å²) in [5, 5.41) is 5.41. The van der Waals surface area contributed by atoms with Gasteiger partial charge in [-0.1, -0.05) is 11.6 Å². The molecule has 1 heterocycles. The van der Waals surface area contributed by atoms with E-state index < -0.39 is 11.8 Å². The van der Waals surface area contributed by atoms with Gasteiger partial charge in [0.05, 0.1) is 43.3 Å². The SMILES string of the molecule is COc1cc(OC)c(NC(=O)CNC(=O)c2ccoc2)cc1Cl. The minimum Gasteiger partial charge on any atom is -0.495 e. The van der Waals surface area contributed by atoms with Crippen molar-refractivity contribution >= 4 is 29.1 Å². The van der Waals surface area contributed by atoms with Crippen molar-refractivity contribution in [3.63, 3.8) is 0 Å². The fraction of sp³-hybridized carbons (Fsp3) is 0.200. The van der Waals surface area contributed by atoms with Crippen molar-refractivity contribution in [3.05, 3.63) is 41.3 Å². The van der Waals surface area contributed by atoms with E-state index in [0.717, 1.165) is 0 Å². The lowest BCUT2D eigenvalue weighted by Crippen LogP contribution is -2.32. The number of methoxy groups -OCH3 is 2. The first kappa shape index (κ1) is 16.7. The maximum atomic E-state index is 11.9. The Labute approximate surface area is 137 Å². The predicted octanol–water partition coefficient (Wildman–Crippen LogP) is 2.32. The minimum atomic E-state index is -0.429. The van der Waals surface area contributed by atoms with Crippen molar-refractivity contribution in [2.24, 2.45) is 0 Å². The van der Waals surface area contributed by atoms with E-state index in [1.807, 2.05) is 0 Å². The monoisotopic (exact) mass is 338 g/mol. The van der Waals surface area contributed by atoms with Crippen molar-refractivity contribution in [3.8, 4) is 11.5 Å². The van der Waals surface area contributed by atoms with Gasteiger partial charge in [-0.3, -0.25) is 9.59 Å². The molecule has 23 heavy (non-hydrogen) atoms. The van der Waals surface area contributed by atoms with E-state index in [0.29, 0.717) is 27.8 Å². The Kier molecular flexibility index (Phi) is 5.48. The van der Waals surface area contributed by atoms with Crippen LogP contribution < -0.4 is 20.1 Å². The topological polar surface area (TPSA) is 89.8 Å². The van der Waals surface area contributed by atoms with E-state index in [2.05, 4.69) is 10.6 Å². The van der Waals surface area contributed by atoms with Crippen LogP contribution in [0.2, 0.25) is 5.02 Å². The van der Waals surface area contributed by atoms with Crippen LogP contribution in [0, 0.1) is 0 Å². The molecule has 1 aromatic heterocycles. The molecule has 0 saturated carbocycles. The molecule has 0 unspecified atom stereocenters. The summed E-state index contributed by atoms with van der Waals surface area (Å²) in [7, 11) is 2.93. The summed E-state index contributed by atoms with van der Waals surface area (Å²) in [6.45, 7) is -0.211. The number of carbonyl (C=O) groups excluding carboxylic acids is 2. The molecule has 0 aliphatic rings. The van der Waals surface area contributed by atoms with Gasteiger partial charge in [0, 0.05) is 6.07 Å². The second kappa shape index (κ2) is 7.55. The zero-order valence-electron chi connectivity index (χ0n) is 12.5. The molecule has 2 aromatic rings. The van der Waals surface area contributed by atoms with Crippen molar-refractivity contribution in [2.45, 2.75) is 0 Å². The molecule has 2 N–H and O–H groups in total. The van der Waals surface area contributed by atoms with Crippen LogP contribution in [0.25, 0.3) is 0 Å². The van der Waals surface area contributed by atoms with E-state index in [1.165, 1.54) is 38.9 Å². The smallest absolute Gasteiger partial charge is 0.254 e. The first-order chi connectivity index (χ1) is 11.0. The lowest BCUT2D eigenvalue weighted by atomic mass is 10.2. The van der Waals surface area contributed by atoms with E-state index in [1.54, 1.807) is 6.07 Å². The van der Waals surface area contributed by atoms with Gasteiger partial charge in [0.15, 0.2) is 0 Å². The quantitative estimate of drug-likeness (QED) is 0.843. The van der Waals surface area contributed by atoms with Crippen LogP contribution in [0.4, 0.5) is 5.69 Å². The number of hydrogen-bond acceptors (Lipinski definition) is 5. The predicted molar refractivity (Wildman–Crippen MR) is 84.2 cm³/mol. The molecule has 7 nitrogen and oxygen atoms in total. The summed E-state index contributed by atoms with van der Waals surface area (Å²) in [5.74, 6) is -0.0226. The van der Waals surface area contributed by atoms with Crippen LogP contribution in [0.15, 0.2) is 35.1 Å². The van der Waals surface area contributed by atoms with Crippen LogP contribution in [-0.2, 0) is 4.79 Å². The minimum absolute atomic E-state index is 0.211. The number of ether oxygens (including phenoxy) is 2. The van der Waals surface area contributed by atoms with Gasteiger partial charge in [-0.05, 0) is 12.1 Å². The zero-order valence-corrected chi connectivity index (χ0v) is 13.3. The molecule has 2 amide bonds. The molecule has 0 aliphatic carbocycles. The van der Waals surface area contributed by atoms with Crippen LogP contribution in [0.5, 0.6) is 11.5 Å². The molecular formula is C15H15ClN2O5. The molecule has 0 aliphatic heterocycles. The molecule has 2 rings (SSSR count). The third kappa shape index (κ3) is 4.17. The first-order valence-electron chi connectivity index (χ1n) is 6.57. The largest absolute Gasteiger partial charge is 0.495 e. The highest BCUT2D eigenvalue weighted by Gasteiger charge is 2.14. The van der Waals surface area contributed by atoms with Crippen molar-refractivity contribution in [1.29, 1.82) is 0 Å². The summed E-state index contributed by atoms with van der Waals surface area (Å²) >= 11 is 6.02. The number of halogens is 1. The number of furan rings is 1. The van der Waals surface area contributed by atoms with Gasteiger partial charge in [0.2, 0.25) is 5.91 Å². The lowest BCUT2D eigenvalue weighted by molar-refractivity contribution is -0.115. The summed E-state index contributed by atoms with van der Waals surface area (Å²) < 4.78 is 15.1. The number of carbonyl (C=O) groups is 2. The number of hydrogen-bond donors (Lipinski definition) is 2. The first-order valence-corrected chi connectivity index (χ1v) is 6.94. The van der Waals surface area contributed by atoms with Gasteiger partial charge in [-0.2, -0.15) is 0 Å². The molecular weight excluding hydrogens is 324 g/mol. The van der Waals surface area contributed by atoms with Gasteiger partial charge in [-0.15, -0.1) is 0 Å².